The minimum atomic E-state index is -3.54. The van der Waals surface area contributed by atoms with Crippen molar-refractivity contribution in [2.24, 2.45) is 0 Å². The van der Waals surface area contributed by atoms with E-state index in [4.69, 9.17) is 4.74 Å². The molecule has 1 N–H and O–H groups in total. The summed E-state index contributed by atoms with van der Waals surface area (Å²) in [7, 11) is -2.20. The third-order valence-corrected chi connectivity index (χ3v) is 5.13. The molecule has 0 aromatic heterocycles. The molecule has 8 heteroatoms. The van der Waals surface area contributed by atoms with Crippen molar-refractivity contribution in [3.8, 4) is 0 Å². The number of nitrogens with zero attached hydrogens (tertiary/aromatic N) is 1. The standard InChI is InChI=1S/C19H22N2O5S/c1-4-14-9-11-15(12-10-14)20-18(22)13-26-19(23)16-7-5-6-8-17(16)21(2)27(3,24)25/h5-12H,4,13H2,1-3H3,(H,20,22). The van der Waals surface area contributed by atoms with Gasteiger partial charge in [0, 0.05) is 12.7 Å². The predicted molar refractivity (Wildman–Crippen MR) is 104 cm³/mol. The quantitative estimate of drug-likeness (QED) is 0.733. The summed E-state index contributed by atoms with van der Waals surface area (Å²) in [5, 5.41) is 2.64. The third kappa shape index (κ3) is 5.55. The summed E-state index contributed by atoms with van der Waals surface area (Å²) in [6.07, 6.45) is 1.93. The first-order valence-corrected chi connectivity index (χ1v) is 10.2. The number of para-hydroxylation sites is 1. The maximum atomic E-state index is 12.3. The van der Waals surface area contributed by atoms with E-state index in [0.717, 1.165) is 22.5 Å². The van der Waals surface area contributed by atoms with Gasteiger partial charge in [-0.15, -0.1) is 0 Å². The zero-order valence-electron chi connectivity index (χ0n) is 15.4. The molecule has 0 aliphatic rings. The van der Waals surface area contributed by atoms with Gasteiger partial charge in [-0.1, -0.05) is 31.2 Å². The fourth-order valence-electron chi connectivity index (χ4n) is 2.33. The van der Waals surface area contributed by atoms with Crippen molar-refractivity contribution in [2.75, 3.05) is 29.5 Å². The van der Waals surface area contributed by atoms with Gasteiger partial charge in [0.05, 0.1) is 17.5 Å². The predicted octanol–water partition coefficient (Wildman–Crippen LogP) is 2.44. The van der Waals surface area contributed by atoms with Crippen LogP contribution in [0, 0.1) is 0 Å². The molecule has 0 aliphatic carbocycles. The molecule has 0 unspecified atom stereocenters. The Balaban J connectivity index is 2.02. The van der Waals surface area contributed by atoms with E-state index in [0.29, 0.717) is 5.69 Å². The number of carbonyl (C=O) groups excluding carboxylic acids is 2. The largest absolute Gasteiger partial charge is 0.452 e. The normalized spacial score (nSPS) is 10.9. The van der Waals surface area contributed by atoms with Crippen molar-refractivity contribution in [1.82, 2.24) is 0 Å². The number of esters is 1. The lowest BCUT2D eigenvalue weighted by molar-refractivity contribution is -0.119. The highest BCUT2D eigenvalue weighted by molar-refractivity contribution is 7.92. The van der Waals surface area contributed by atoms with E-state index in [1.165, 1.54) is 19.2 Å². The molecule has 0 saturated carbocycles. The summed E-state index contributed by atoms with van der Waals surface area (Å²) < 4.78 is 29.5. The summed E-state index contributed by atoms with van der Waals surface area (Å²) in [5.74, 6) is -1.26. The van der Waals surface area contributed by atoms with Gasteiger partial charge in [-0.25, -0.2) is 13.2 Å². The zero-order valence-corrected chi connectivity index (χ0v) is 16.2. The second-order valence-electron chi connectivity index (χ2n) is 5.92. The molecule has 2 aromatic carbocycles. The van der Waals surface area contributed by atoms with Crippen molar-refractivity contribution in [1.29, 1.82) is 0 Å². The maximum Gasteiger partial charge on any atom is 0.340 e. The van der Waals surface area contributed by atoms with Crippen molar-refractivity contribution in [3.05, 3.63) is 59.7 Å². The highest BCUT2D eigenvalue weighted by Crippen LogP contribution is 2.22. The van der Waals surface area contributed by atoms with Crippen LogP contribution < -0.4 is 9.62 Å². The first-order valence-electron chi connectivity index (χ1n) is 8.31. The van der Waals surface area contributed by atoms with Crippen LogP contribution in [-0.2, 0) is 26.0 Å². The van der Waals surface area contributed by atoms with Gasteiger partial charge in [0.15, 0.2) is 6.61 Å². The van der Waals surface area contributed by atoms with Gasteiger partial charge in [-0.3, -0.25) is 9.10 Å². The molecule has 0 radical (unpaired) electrons. The molecule has 0 spiro atoms. The van der Waals surface area contributed by atoms with Gasteiger partial charge in [0.1, 0.15) is 0 Å². The number of rotatable bonds is 7. The highest BCUT2D eigenvalue weighted by Gasteiger charge is 2.21. The smallest absolute Gasteiger partial charge is 0.340 e. The monoisotopic (exact) mass is 390 g/mol. The Hall–Kier alpha value is -2.87. The molecule has 0 heterocycles. The lowest BCUT2D eigenvalue weighted by atomic mass is 10.1. The lowest BCUT2D eigenvalue weighted by Gasteiger charge is -2.19. The molecule has 0 saturated heterocycles. The number of anilines is 2. The van der Waals surface area contributed by atoms with Crippen molar-refractivity contribution in [3.63, 3.8) is 0 Å². The topological polar surface area (TPSA) is 92.8 Å². The molecular formula is C19H22N2O5S. The Morgan fingerprint density at radius 3 is 2.30 bits per heavy atom. The van der Waals surface area contributed by atoms with E-state index < -0.39 is 28.5 Å². The summed E-state index contributed by atoms with van der Waals surface area (Å²) in [6.45, 7) is 1.55. The van der Waals surface area contributed by atoms with Gasteiger partial charge < -0.3 is 10.1 Å². The third-order valence-electron chi connectivity index (χ3n) is 3.94. The molecule has 2 rings (SSSR count). The van der Waals surface area contributed by atoms with Crippen LogP contribution in [0.5, 0.6) is 0 Å². The number of nitrogens with one attached hydrogen (secondary N) is 1. The molecule has 27 heavy (non-hydrogen) atoms. The summed E-state index contributed by atoms with van der Waals surface area (Å²) in [6, 6.07) is 13.5. The van der Waals surface area contributed by atoms with Crippen LogP contribution in [-0.4, -0.2) is 40.2 Å². The van der Waals surface area contributed by atoms with E-state index in [9.17, 15) is 18.0 Å². The van der Waals surface area contributed by atoms with E-state index in [-0.39, 0.29) is 11.3 Å². The molecule has 1 amide bonds. The number of amides is 1. The number of aryl methyl sites for hydroxylation is 1. The Morgan fingerprint density at radius 2 is 1.70 bits per heavy atom. The maximum absolute atomic E-state index is 12.3. The van der Waals surface area contributed by atoms with Gasteiger partial charge in [-0.2, -0.15) is 0 Å². The number of sulfonamides is 1. The van der Waals surface area contributed by atoms with Crippen molar-refractivity contribution in [2.45, 2.75) is 13.3 Å². The Kier molecular flexibility index (Phi) is 6.57. The second-order valence-corrected chi connectivity index (χ2v) is 7.94. The summed E-state index contributed by atoms with van der Waals surface area (Å²) in [5.41, 5.74) is 1.99. The molecule has 144 valence electrons. The number of benzene rings is 2. The summed E-state index contributed by atoms with van der Waals surface area (Å²) in [4.78, 5) is 24.3. The number of hydrogen-bond donors (Lipinski definition) is 1. The van der Waals surface area contributed by atoms with Crippen molar-refractivity contribution >= 4 is 33.3 Å². The Labute approximate surface area is 159 Å². The van der Waals surface area contributed by atoms with Crippen LogP contribution in [0.3, 0.4) is 0 Å². The van der Waals surface area contributed by atoms with Crippen LogP contribution in [0.25, 0.3) is 0 Å². The van der Waals surface area contributed by atoms with Crippen LogP contribution >= 0.6 is 0 Å². The van der Waals surface area contributed by atoms with Crippen LogP contribution in [0.2, 0.25) is 0 Å². The van der Waals surface area contributed by atoms with Crippen LogP contribution in [0.15, 0.2) is 48.5 Å². The number of ether oxygens (including phenoxy) is 1. The number of hydrogen-bond acceptors (Lipinski definition) is 5. The lowest BCUT2D eigenvalue weighted by Crippen LogP contribution is -2.27. The van der Waals surface area contributed by atoms with Gasteiger partial charge in [0.25, 0.3) is 5.91 Å². The van der Waals surface area contributed by atoms with E-state index in [2.05, 4.69) is 5.32 Å². The van der Waals surface area contributed by atoms with Gasteiger partial charge >= 0.3 is 5.97 Å². The molecule has 0 fully saturated rings. The highest BCUT2D eigenvalue weighted by atomic mass is 32.2. The zero-order chi connectivity index (χ0) is 20.0. The fraction of sp³-hybridized carbons (Fsp3) is 0.263. The first kappa shape index (κ1) is 20.4. The average molecular weight is 390 g/mol. The van der Waals surface area contributed by atoms with Gasteiger partial charge in [-0.05, 0) is 36.2 Å². The van der Waals surface area contributed by atoms with Crippen molar-refractivity contribution < 1.29 is 22.7 Å². The summed E-state index contributed by atoms with van der Waals surface area (Å²) >= 11 is 0. The van der Waals surface area contributed by atoms with E-state index in [1.807, 2.05) is 19.1 Å². The molecule has 7 nitrogen and oxygen atoms in total. The molecule has 0 bridgehead atoms. The van der Waals surface area contributed by atoms with Gasteiger partial charge in [0.2, 0.25) is 10.0 Å². The molecule has 0 atom stereocenters. The minimum Gasteiger partial charge on any atom is -0.452 e. The molecular weight excluding hydrogens is 368 g/mol. The second kappa shape index (κ2) is 8.68. The molecule has 0 aliphatic heterocycles. The fourth-order valence-corrected chi connectivity index (χ4v) is 2.85. The Morgan fingerprint density at radius 1 is 1.07 bits per heavy atom. The number of carbonyl (C=O) groups is 2. The first-order chi connectivity index (χ1) is 12.7. The minimum absolute atomic E-state index is 0.0607. The Bertz CT molecular complexity index is 923. The average Bonchev–Trinajstić information content (AvgIpc) is 2.65. The van der Waals surface area contributed by atoms with E-state index >= 15 is 0 Å². The van der Waals surface area contributed by atoms with E-state index in [1.54, 1.807) is 24.3 Å². The SMILES string of the molecule is CCc1ccc(NC(=O)COC(=O)c2ccccc2N(C)S(C)(=O)=O)cc1. The van der Waals surface area contributed by atoms with Crippen LogP contribution in [0.4, 0.5) is 11.4 Å². The molecule has 2 aromatic rings. The van der Waals surface area contributed by atoms with Crippen LogP contribution in [0.1, 0.15) is 22.8 Å².